The molecule has 0 aliphatic carbocycles. The number of nitrogens with zero attached hydrogens (tertiary/aromatic N) is 2. The Morgan fingerprint density at radius 2 is 1.85 bits per heavy atom. The third-order valence-corrected chi connectivity index (χ3v) is 4.02. The van der Waals surface area contributed by atoms with Crippen LogP contribution in [0.25, 0.3) is 11.5 Å². The van der Waals surface area contributed by atoms with Gasteiger partial charge in [0.25, 0.3) is 5.56 Å². The lowest BCUT2D eigenvalue weighted by Crippen LogP contribution is -2.42. The van der Waals surface area contributed by atoms with E-state index in [1.54, 1.807) is 12.1 Å². The predicted molar refractivity (Wildman–Crippen MR) is 95.2 cm³/mol. The Labute approximate surface area is 149 Å². The fraction of sp³-hybridized carbons (Fsp3) is 0.263. The number of furan rings is 1. The van der Waals surface area contributed by atoms with Gasteiger partial charge in [-0.1, -0.05) is 48.9 Å². The number of rotatable bonds is 6. The average molecular weight is 356 g/mol. The minimum atomic E-state index is -0.876. The highest BCUT2D eigenvalue weighted by atomic mass is 16.5. The van der Waals surface area contributed by atoms with E-state index >= 15 is 0 Å². The van der Waals surface area contributed by atoms with Crippen LogP contribution >= 0.6 is 0 Å². The molecule has 0 aliphatic heterocycles. The molecule has 1 aromatic carbocycles. The Bertz CT molecular complexity index is 985. The molecule has 0 radical (unpaired) electrons. The van der Waals surface area contributed by atoms with Crippen molar-refractivity contribution in [2.75, 3.05) is 0 Å². The van der Waals surface area contributed by atoms with Crippen LogP contribution in [0.4, 0.5) is 0 Å². The molecule has 0 spiro atoms. The Kier molecular flexibility index (Phi) is 5.09. The van der Waals surface area contributed by atoms with E-state index < -0.39 is 11.2 Å². The molecule has 0 saturated heterocycles. The van der Waals surface area contributed by atoms with Crippen molar-refractivity contribution in [2.24, 2.45) is 0 Å². The molecule has 1 N–H and O–H groups in total. The first-order valence-corrected chi connectivity index (χ1v) is 8.25. The maximum Gasteiger partial charge on any atom is 0.366 e. The van der Waals surface area contributed by atoms with Crippen LogP contribution in [-0.2, 0) is 18.1 Å². The highest BCUT2D eigenvalue weighted by Gasteiger charge is 2.24. The summed E-state index contributed by atoms with van der Waals surface area (Å²) in [6.07, 6.45) is 1.46. The summed E-state index contributed by atoms with van der Waals surface area (Å²) in [5, 5.41) is 9.94. The van der Waals surface area contributed by atoms with Gasteiger partial charge in [-0.25, -0.2) is 4.79 Å². The van der Waals surface area contributed by atoms with Crippen molar-refractivity contribution in [3.05, 3.63) is 80.7 Å². The summed E-state index contributed by atoms with van der Waals surface area (Å²) in [6, 6.07) is 12.8. The highest BCUT2D eigenvalue weighted by Crippen LogP contribution is 2.26. The molecule has 3 aromatic rings. The van der Waals surface area contributed by atoms with E-state index in [0.717, 1.165) is 5.56 Å². The molecule has 0 amide bonds. The molecule has 0 unspecified atom stereocenters. The Hall–Kier alpha value is -3.06. The molecule has 0 aliphatic rings. The normalized spacial score (nSPS) is 11.2. The largest absolute Gasteiger partial charge is 0.463 e. The average Bonchev–Trinajstić information content (AvgIpc) is 3.16. The number of ether oxygens (including phenoxy) is 1. The molecular formula is C19H20N2O5. The first-order chi connectivity index (χ1) is 12.5. The molecule has 2 heterocycles. The number of aromatic nitrogens is 2. The van der Waals surface area contributed by atoms with Gasteiger partial charge in [0.05, 0.1) is 24.1 Å². The van der Waals surface area contributed by atoms with E-state index in [2.05, 4.69) is 0 Å². The molecule has 136 valence electrons. The SMILES string of the molecule is CC(C)c1c(-c2ccco2)n(COCc2ccccc2)c(=O)n(O)c1=O. The summed E-state index contributed by atoms with van der Waals surface area (Å²) in [7, 11) is 0. The summed E-state index contributed by atoms with van der Waals surface area (Å²) in [4.78, 5) is 24.9. The van der Waals surface area contributed by atoms with E-state index in [4.69, 9.17) is 9.15 Å². The van der Waals surface area contributed by atoms with Crippen LogP contribution in [0.3, 0.4) is 0 Å². The first kappa shape index (κ1) is 17.8. The summed E-state index contributed by atoms with van der Waals surface area (Å²) in [6.45, 7) is 3.77. The van der Waals surface area contributed by atoms with Crippen LogP contribution in [-0.4, -0.2) is 14.5 Å². The van der Waals surface area contributed by atoms with Crippen LogP contribution in [0.1, 0.15) is 30.9 Å². The van der Waals surface area contributed by atoms with Crippen molar-refractivity contribution in [1.29, 1.82) is 0 Å². The van der Waals surface area contributed by atoms with Gasteiger partial charge in [0, 0.05) is 0 Å². The zero-order chi connectivity index (χ0) is 18.7. The molecule has 7 heteroatoms. The smallest absolute Gasteiger partial charge is 0.366 e. The maximum absolute atomic E-state index is 12.5. The van der Waals surface area contributed by atoms with Crippen molar-refractivity contribution in [1.82, 2.24) is 9.30 Å². The zero-order valence-corrected chi connectivity index (χ0v) is 14.6. The van der Waals surface area contributed by atoms with Crippen LogP contribution in [0.5, 0.6) is 0 Å². The standard InChI is InChI=1S/C19H20N2O5/c1-13(2)16-17(15-9-6-10-26-15)20(19(23)21(24)18(16)22)12-25-11-14-7-4-3-5-8-14/h3-10,13,24H,11-12H2,1-2H3. The van der Waals surface area contributed by atoms with Gasteiger partial charge in [0.15, 0.2) is 5.76 Å². The van der Waals surface area contributed by atoms with E-state index in [9.17, 15) is 14.8 Å². The third-order valence-electron chi connectivity index (χ3n) is 4.02. The lowest BCUT2D eigenvalue weighted by molar-refractivity contribution is 0.0528. The predicted octanol–water partition coefficient (Wildman–Crippen LogP) is 2.80. The second kappa shape index (κ2) is 7.45. The van der Waals surface area contributed by atoms with E-state index in [-0.39, 0.29) is 29.5 Å². The molecule has 3 rings (SSSR count). The fourth-order valence-electron chi connectivity index (χ4n) is 2.81. The summed E-state index contributed by atoms with van der Waals surface area (Å²) in [5.74, 6) is 0.133. The Morgan fingerprint density at radius 1 is 1.12 bits per heavy atom. The van der Waals surface area contributed by atoms with E-state index in [0.29, 0.717) is 11.5 Å². The van der Waals surface area contributed by atoms with Gasteiger partial charge < -0.3 is 14.4 Å². The monoisotopic (exact) mass is 356 g/mol. The van der Waals surface area contributed by atoms with Gasteiger partial charge in [0.2, 0.25) is 0 Å². The van der Waals surface area contributed by atoms with Crippen molar-refractivity contribution in [2.45, 2.75) is 33.1 Å². The Morgan fingerprint density at radius 3 is 2.46 bits per heavy atom. The third kappa shape index (κ3) is 3.34. The first-order valence-electron chi connectivity index (χ1n) is 8.25. The number of benzene rings is 1. The second-order valence-electron chi connectivity index (χ2n) is 6.19. The molecule has 0 fully saturated rings. The lowest BCUT2D eigenvalue weighted by Gasteiger charge is -2.18. The van der Waals surface area contributed by atoms with Gasteiger partial charge in [-0.2, -0.15) is 0 Å². The van der Waals surface area contributed by atoms with E-state index in [1.807, 2.05) is 44.2 Å². The highest BCUT2D eigenvalue weighted by molar-refractivity contribution is 5.58. The zero-order valence-electron chi connectivity index (χ0n) is 14.6. The van der Waals surface area contributed by atoms with Crippen LogP contribution < -0.4 is 11.2 Å². The molecule has 0 saturated carbocycles. The van der Waals surface area contributed by atoms with Crippen LogP contribution in [0.2, 0.25) is 0 Å². The van der Waals surface area contributed by atoms with Crippen molar-refractivity contribution in [3.63, 3.8) is 0 Å². The molecular weight excluding hydrogens is 336 g/mol. The van der Waals surface area contributed by atoms with Gasteiger partial charge in [-0.3, -0.25) is 9.36 Å². The topological polar surface area (TPSA) is 86.6 Å². The maximum atomic E-state index is 12.5. The van der Waals surface area contributed by atoms with Crippen LogP contribution in [0.15, 0.2) is 62.7 Å². The van der Waals surface area contributed by atoms with Gasteiger partial charge >= 0.3 is 5.69 Å². The van der Waals surface area contributed by atoms with Gasteiger partial charge in [0.1, 0.15) is 6.73 Å². The van der Waals surface area contributed by atoms with Gasteiger partial charge in [-0.15, -0.1) is 0 Å². The van der Waals surface area contributed by atoms with Gasteiger partial charge in [-0.05, 0) is 23.6 Å². The molecule has 26 heavy (non-hydrogen) atoms. The summed E-state index contributed by atoms with van der Waals surface area (Å²) >= 11 is 0. The van der Waals surface area contributed by atoms with Crippen molar-refractivity contribution in [3.8, 4) is 11.5 Å². The number of hydrogen-bond acceptors (Lipinski definition) is 5. The number of hydrogen-bond donors (Lipinski definition) is 1. The quantitative estimate of drug-likeness (QED) is 0.686. The minimum Gasteiger partial charge on any atom is -0.463 e. The molecule has 7 nitrogen and oxygen atoms in total. The molecule has 2 aromatic heterocycles. The van der Waals surface area contributed by atoms with Crippen LogP contribution in [0, 0.1) is 0 Å². The van der Waals surface area contributed by atoms with E-state index in [1.165, 1.54) is 10.8 Å². The van der Waals surface area contributed by atoms with Crippen molar-refractivity contribution < 1.29 is 14.4 Å². The molecule has 0 bridgehead atoms. The minimum absolute atomic E-state index is 0.119. The Balaban J connectivity index is 2.05. The second-order valence-corrected chi connectivity index (χ2v) is 6.19. The summed E-state index contributed by atoms with van der Waals surface area (Å²) < 4.78 is 12.4. The fourth-order valence-corrected chi connectivity index (χ4v) is 2.81. The molecule has 0 atom stereocenters. The summed E-state index contributed by atoms with van der Waals surface area (Å²) in [5.41, 5.74) is -0.0835. The lowest BCUT2D eigenvalue weighted by atomic mass is 10.0. The van der Waals surface area contributed by atoms with Crippen molar-refractivity contribution >= 4 is 0 Å².